The second-order valence-corrected chi connectivity index (χ2v) is 3.39. The first-order valence-electron chi connectivity index (χ1n) is 5.08. The highest BCUT2D eigenvalue weighted by Gasteiger charge is 2.11. The van der Waals surface area contributed by atoms with Gasteiger partial charge in [-0.2, -0.15) is 0 Å². The number of hydrogen-bond acceptors (Lipinski definition) is 5. The second kappa shape index (κ2) is 6.15. The fraction of sp³-hybridized carbons (Fsp3) is 0.0909. The monoisotopic (exact) mass is 265 g/mol. The van der Waals surface area contributed by atoms with Gasteiger partial charge in [-0.25, -0.2) is 0 Å². The lowest BCUT2D eigenvalue weighted by Crippen LogP contribution is -2.47. The van der Waals surface area contributed by atoms with E-state index in [4.69, 9.17) is 4.74 Å². The van der Waals surface area contributed by atoms with E-state index < -0.39 is 23.7 Å². The highest BCUT2D eigenvalue weighted by molar-refractivity contribution is 6.34. The number of carbonyl (C=O) groups is 4. The van der Waals surface area contributed by atoms with Crippen LogP contribution in [0.5, 0.6) is 5.75 Å². The second-order valence-electron chi connectivity index (χ2n) is 3.39. The minimum absolute atomic E-state index is 0.195. The Morgan fingerprint density at radius 3 is 2.11 bits per heavy atom. The average Bonchev–Trinajstić information content (AvgIpc) is 2.35. The smallest absolute Gasteiger partial charge is 0.327 e. The molecule has 19 heavy (non-hydrogen) atoms. The van der Waals surface area contributed by atoms with Crippen LogP contribution in [0, 0.1) is 0 Å². The first-order valence-corrected chi connectivity index (χ1v) is 5.08. The van der Waals surface area contributed by atoms with Gasteiger partial charge in [0.1, 0.15) is 5.75 Å². The van der Waals surface area contributed by atoms with E-state index in [1.807, 2.05) is 10.9 Å². The summed E-state index contributed by atoms with van der Waals surface area (Å²) in [5, 5.41) is 0. The molecule has 0 unspecified atom stereocenters. The van der Waals surface area contributed by atoms with E-state index in [1.54, 1.807) is 0 Å². The molecule has 3 amide bonds. The van der Waals surface area contributed by atoms with E-state index in [0.717, 1.165) is 0 Å². The van der Waals surface area contributed by atoms with Crippen molar-refractivity contribution in [3.8, 4) is 5.75 Å². The molecule has 0 saturated carbocycles. The average molecular weight is 265 g/mol. The maximum absolute atomic E-state index is 11.5. The van der Waals surface area contributed by atoms with Gasteiger partial charge < -0.3 is 10.5 Å². The molecule has 1 aromatic carbocycles. The van der Waals surface area contributed by atoms with Gasteiger partial charge in [-0.3, -0.25) is 30.0 Å². The minimum Gasteiger partial charge on any atom is -0.427 e. The summed E-state index contributed by atoms with van der Waals surface area (Å²) in [4.78, 5) is 43.4. The standard InChI is InChI=1S/C11H11N3O5/c1-6(15)19-8-4-2-7(3-5-8)10(17)13-14-11(18)9(12)16/h2-5H,1H3,(H2,12,16)(H,13,17)(H,14,18). The van der Waals surface area contributed by atoms with Gasteiger partial charge in [0, 0.05) is 12.5 Å². The Bertz CT molecular complexity index is 524. The molecule has 8 nitrogen and oxygen atoms in total. The summed E-state index contributed by atoms with van der Waals surface area (Å²) in [6.07, 6.45) is 0. The highest BCUT2D eigenvalue weighted by atomic mass is 16.5. The van der Waals surface area contributed by atoms with Crippen LogP contribution in [0.4, 0.5) is 0 Å². The van der Waals surface area contributed by atoms with Crippen LogP contribution in [0.3, 0.4) is 0 Å². The number of rotatable bonds is 2. The Hall–Kier alpha value is -2.90. The van der Waals surface area contributed by atoms with E-state index in [0.29, 0.717) is 0 Å². The van der Waals surface area contributed by atoms with Crippen LogP contribution in [0.2, 0.25) is 0 Å². The third kappa shape index (κ3) is 4.46. The van der Waals surface area contributed by atoms with Crippen molar-refractivity contribution < 1.29 is 23.9 Å². The van der Waals surface area contributed by atoms with Crippen LogP contribution < -0.4 is 21.3 Å². The molecule has 1 rings (SSSR count). The van der Waals surface area contributed by atoms with Crippen LogP contribution in [0.1, 0.15) is 17.3 Å². The molecular formula is C11H11N3O5. The van der Waals surface area contributed by atoms with E-state index in [2.05, 4.69) is 5.73 Å². The van der Waals surface area contributed by atoms with Gasteiger partial charge in [-0.1, -0.05) is 0 Å². The van der Waals surface area contributed by atoms with Gasteiger partial charge in [-0.15, -0.1) is 0 Å². The van der Waals surface area contributed by atoms with Crippen molar-refractivity contribution in [2.75, 3.05) is 0 Å². The molecule has 0 aliphatic carbocycles. The van der Waals surface area contributed by atoms with Crippen LogP contribution in [-0.2, 0) is 14.4 Å². The number of benzene rings is 1. The molecule has 0 atom stereocenters. The number of amides is 3. The zero-order chi connectivity index (χ0) is 14.4. The lowest BCUT2D eigenvalue weighted by molar-refractivity contribution is -0.137. The zero-order valence-corrected chi connectivity index (χ0v) is 9.93. The van der Waals surface area contributed by atoms with Crippen molar-refractivity contribution >= 4 is 23.7 Å². The van der Waals surface area contributed by atoms with Crippen molar-refractivity contribution in [3.05, 3.63) is 29.8 Å². The topological polar surface area (TPSA) is 128 Å². The molecule has 1 aromatic rings. The van der Waals surface area contributed by atoms with Gasteiger partial charge in [0.05, 0.1) is 0 Å². The summed E-state index contributed by atoms with van der Waals surface area (Å²) in [5.74, 6) is -3.20. The normalized spacial score (nSPS) is 9.32. The Morgan fingerprint density at radius 2 is 1.63 bits per heavy atom. The predicted molar refractivity (Wildman–Crippen MR) is 62.6 cm³/mol. The van der Waals surface area contributed by atoms with Gasteiger partial charge in [0.25, 0.3) is 5.91 Å². The molecule has 0 aromatic heterocycles. The predicted octanol–water partition coefficient (Wildman–Crippen LogP) is -1.14. The molecule has 0 aliphatic rings. The fourth-order valence-electron chi connectivity index (χ4n) is 1.09. The SMILES string of the molecule is CC(=O)Oc1ccc(C(=O)NNC(=O)C(N)=O)cc1. The quantitative estimate of drug-likeness (QED) is 0.269. The Balaban J connectivity index is 2.60. The summed E-state index contributed by atoms with van der Waals surface area (Å²) >= 11 is 0. The molecule has 8 heteroatoms. The van der Waals surface area contributed by atoms with Gasteiger partial charge in [0.15, 0.2) is 0 Å². The van der Waals surface area contributed by atoms with E-state index in [-0.39, 0.29) is 11.3 Å². The number of ether oxygens (including phenoxy) is 1. The minimum atomic E-state index is -1.22. The molecule has 100 valence electrons. The molecule has 0 saturated heterocycles. The zero-order valence-electron chi connectivity index (χ0n) is 9.93. The van der Waals surface area contributed by atoms with Crippen LogP contribution in [-0.4, -0.2) is 23.7 Å². The summed E-state index contributed by atoms with van der Waals surface area (Å²) in [6.45, 7) is 1.25. The molecule has 0 fully saturated rings. The maximum Gasteiger partial charge on any atom is 0.327 e. The molecule has 0 heterocycles. The summed E-state index contributed by atoms with van der Waals surface area (Å²) < 4.78 is 4.78. The highest BCUT2D eigenvalue weighted by Crippen LogP contribution is 2.12. The number of carbonyl (C=O) groups excluding carboxylic acids is 4. The molecule has 4 N–H and O–H groups in total. The maximum atomic E-state index is 11.5. The van der Waals surface area contributed by atoms with Gasteiger partial charge in [0.2, 0.25) is 0 Å². The number of hydrogen-bond donors (Lipinski definition) is 3. The number of primary amides is 1. The number of hydrazine groups is 1. The summed E-state index contributed by atoms with van der Waals surface area (Å²) in [5.41, 5.74) is 8.69. The molecule has 0 radical (unpaired) electrons. The van der Waals surface area contributed by atoms with Crippen LogP contribution >= 0.6 is 0 Å². The molecule has 0 aliphatic heterocycles. The number of nitrogens with two attached hydrogens (primary N) is 1. The molecule has 0 spiro atoms. The van der Waals surface area contributed by atoms with Crippen molar-refractivity contribution in [2.24, 2.45) is 5.73 Å². The first kappa shape index (κ1) is 14.2. The Kier molecular flexibility index (Phi) is 4.58. The largest absolute Gasteiger partial charge is 0.427 e. The van der Waals surface area contributed by atoms with E-state index >= 15 is 0 Å². The van der Waals surface area contributed by atoms with E-state index in [9.17, 15) is 19.2 Å². The third-order valence-corrected chi connectivity index (χ3v) is 1.89. The van der Waals surface area contributed by atoms with Crippen LogP contribution in [0.15, 0.2) is 24.3 Å². The van der Waals surface area contributed by atoms with Gasteiger partial charge in [-0.05, 0) is 24.3 Å². The number of esters is 1. The van der Waals surface area contributed by atoms with Crippen molar-refractivity contribution in [1.29, 1.82) is 0 Å². The number of nitrogens with one attached hydrogen (secondary N) is 2. The third-order valence-electron chi connectivity index (χ3n) is 1.89. The summed E-state index contributed by atoms with van der Waals surface area (Å²) in [7, 11) is 0. The fourth-order valence-corrected chi connectivity index (χ4v) is 1.09. The first-order chi connectivity index (χ1) is 8.90. The van der Waals surface area contributed by atoms with Crippen molar-refractivity contribution in [1.82, 2.24) is 10.9 Å². The lowest BCUT2D eigenvalue weighted by Gasteiger charge is -2.06. The van der Waals surface area contributed by atoms with Crippen molar-refractivity contribution in [2.45, 2.75) is 6.92 Å². The van der Waals surface area contributed by atoms with E-state index in [1.165, 1.54) is 31.2 Å². The lowest BCUT2D eigenvalue weighted by atomic mass is 10.2. The summed E-state index contributed by atoms with van der Waals surface area (Å²) in [6, 6.07) is 5.58. The molecule has 0 bridgehead atoms. The Morgan fingerprint density at radius 1 is 1.05 bits per heavy atom. The molecular weight excluding hydrogens is 254 g/mol. The van der Waals surface area contributed by atoms with Crippen molar-refractivity contribution in [3.63, 3.8) is 0 Å². The van der Waals surface area contributed by atoms with Gasteiger partial charge >= 0.3 is 17.8 Å². The van der Waals surface area contributed by atoms with Crippen LogP contribution in [0.25, 0.3) is 0 Å². The Labute approximate surface area is 107 Å².